The minimum Gasteiger partial charge on any atom is -0.364 e. The molecule has 1 aromatic carbocycles. The summed E-state index contributed by atoms with van der Waals surface area (Å²) in [5.41, 5.74) is 5.10. The highest BCUT2D eigenvalue weighted by atomic mass is 79.9. The lowest BCUT2D eigenvalue weighted by molar-refractivity contribution is -0.133. The summed E-state index contributed by atoms with van der Waals surface area (Å²) in [5, 5.41) is 2.99. The van der Waals surface area contributed by atoms with Crippen LogP contribution < -0.4 is 16.2 Å². The summed E-state index contributed by atoms with van der Waals surface area (Å²) < 4.78 is 14.2. The van der Waals surface area contributed by atoms with Crippen LogP contribution in [0, 0.1) is 0 Å². The number of carbonyl (C=O) groups excluding carboxylic acids is 1. The van der Waals surface area contributed by atoms with Crippen molar-refractivity contribution in [1.29, 1.82) is 0 Å². The number of carbonyl (C=O) groups is 1. The highest BCUT2D eigenvalue weighted by molar-refractivity contribution is 9.10. The normalized spacial score (nSPS) is 24.4. The maximum atomic E-state index is 13.4. The van der Waals surface area contributed by atoms with Crippen molar-refractivity contribution in [3.8, 4) is 0 Å². The first-order valence-corrected chi connectivity index (χ1v) is 7.36. The summed E-state index contributed by atoms with van der Waals surface area (Å²) in [6.07, 6.45) is -0.581. The Morgan fingerprint density at radius 2 is 2.15 bits per heavy atom. The summed E-state index contributed by atoms with van der Waals surface area (Å²) in [6.45, 7) is 0. The predicted molar refractivity (Wildman–Crippen MR) is 82.9 cm³/mol. The smallest absolute Gasteiger partial charge is 0.249 e. The molecule has 108 valence electrons. The van der Waals surface area contributed by atoms with Gasteiger partial charge in [-0.3, -0.25) is 15.6 Å². The zero-order chi connectivity index (χ0) is 14.8. The van der Waals surface area contributed by atoms with Crippen LogP contribution in [0.15, 0.2) is 28.7 Å². The van der Waals surface area contributed by atoms with E-state index in [-0.39, 0.29) is 18.7 Å². The molecule has 1 aliphatic rings. The molecular formula is C13H15BrFN3OS. The van der Waals surface area contributed by atoms with Gasteiger partial charge in [0.2, 0.25) is 5.91 Å². The molecule has 0 heterocycles. The molecule has 1 aromatic rings. The zero-order valence-electron chi connectivity index (χ0n) is 10.9. The molecule has 0 aromatic heterocycles. The molecule has 0 unspecified atom stereocenters. The Bertz CT molecular complexity index is 534. The van der Waals surface area contributed by atoms with Gasteiger partial charge in [0.15, 0.2) is 5.11 Å². The van der Waals surface area contributed by atoms with Gasteiger partial charge in [0.1, 0.15) is 6.17 Å². The molecule has 1 saturated carbocycles. The van der Waals surface area contributed by atoms with Crippen molar-refractivity contribution < 1.29 is 9.18 Å². The van der Waals surface area contributed by atoms with Crippen LogP contribution in [0.2, 0.25) is 0 Å². The summed E-state index contributed by atoms with van der Waals surface area (Å²) in [5.74, 6) is -0.276. The van der Waals surface area contributed by atoms with E-state index in [1.165, 1.54) is 0 Å². The molecule has 2 rings (SSSR count). The molecule has 0 saturated heterocycles. The van der Waals surface area contributed by atoms with Crippen LogP contribution in [0.4, 0.5) is 4.39 Å². The number of hydrogen-bond donors (Lipinski definition) is 3. The highest BCUT2D eigenvalue weighted by Crippen LogP contribution is 2.46. The van der Waals surface area contributed by atoms with Crippen molar-refractivity contribution in [1.82, 2.24) is 16.2 Å². The molecule has 20 heavy (non-hydrogen) atoms. The van der Waals surface area contributed by atoms with E-state index in [1.807, 2.05) is 24.3 Å². The van der Waals surface area contributed by atoms with Gasteiger partial charge in [0.25, 0.3) is 0 Å². The van der Waals surface area contributed by atoms with Crippen LogP contribution in [-0.4, -0.2) is 24.2 Å². The molecule has 1 fully saturated rings. The Morgan fingerprint density at radius 3 is 2.70 bits per heavy atom. The first-order valence-electron chi connectivity index (χ1n) is 6.16. The maximum absolute atomic E-state index is 13.4. The van der Waals surface area contributed by atoms with Crippen LogP contribution in [0.25, 0.3) is 0 Å². The third-order valence-electron chi connectivity index (χ3n) is 3.47. The van der Waals surface area contributed by atoms with Crippen molar-refractivity contribution in [3.63, 3.8) is 0 Å². The molecule has 1 amide bonds. The second-order valence-corrected chi connectivity index (χ2v) is 6.08. The van der Waals surface area contributed by atoms with E-state index in [2.05, 4.69) is 32.1 Å². The van der Waals surface area contributed by atoms with E-state index >= 15 is 0 Å². The van der Waals surface area contributed by atoms with Gasteiger partial charge >= 0.3 is 0 Å². The van der Waals surface area contributed by atoms with E-state index < -0.39 is 11.6 Å². The number of rotatable bonds is 2. The monoisotopic (exact) mass is 359 g/mol. The first-order chi connectivity index (χ1) is 9.48. The van der Waals surface area contributed by atoms with Crippen molar-refractivity contribution in [2.75, 3.05) is 7.05 Å². The number of hydrogen-bond acceptors (Lipinski definition) is 2. The maximum Gasteiger partial charge on any atom is 0.249 e. The van der Waals surface area contributed by atoms with E-state index in [9.17, 15) is 9.18 Å². The Kier molecular flexibility index (Phi) is 4.59. The fourth-order valence-corrected chi connectivity index (χ4v) is 2.78. The molecule has 0 radical (unpaired) electrons. The lowest BCUT2D eigenvalue weighted by Gasteiger charge is -2.43. The molecule has 4 nitrogen and oxygen atoms in total. The minimum atomic E-state index is -0.948. The summed E-state index contributed by atoms with van der Waals surface area (Å²) in [4.78, 5) is 12.4. The predicted octanol–water partition coefficient (Wildman–Crippen LogP) is 1.94. The Hall–Kier alpha value is -1.21. The van der Waals surface area contributed by atoms with Crippen molar-refractivity contribution in [2.45, 2.75) is 24.4 Å². The van der Waals surface area contributed by atoms with Crippen LogP contribution in [0.3, 0.4) is 0 Å². The summed E-state index contributed by atoms with van der Waals surface area (Å²) >= 11 is 8.27. The van der Waals surface area contributed by atoms with Gasteiger partial charge in [-0.05, 0) is 42.8 Å². The Labute approximate surface area is 130 Å². The number of thiocarbonyl (C=S) groups is 1. The Balaban J connectivity index is 2.18. The van der Waals surface area contributed by atoms with Crippen molar-refractivity contribution in [3.05, 3.63) is 34.3 Å². The van der Waals surface area contributed by atoms with Gasteiger partial charge in [-0.15, -0.1) is 0 Å². The lowest BCUT2D eigenvalue weighted by Crippen LogP contribution is -2.58. The molecule has 1 aliphatic carbocycles. The van der Waals surface area contributed by atoms with Crippen LogP contribution >= 0.6 is 28.1 Å². The average molecular weight is 360 g/mol. The SMILES string of the molecule is CNC(=S)NNC(=O)[C@]1(c2cccc(Br)c2)C[C@H](F)C1. The summed E-state index contributed by atoms with van der Waals surface area (Å²) in [7, 11) is 1.65. The molecule has 3 N–H and O–H groups in total. The first kappa shape index (κ1) is 15.2. The van der Waals surface area contributed by atoms with E-state index in [1.54, 1.807) is 7.05 Å². The standard InChI is InChI=1S/C13H15BrFN3OS/c1-16-12(20)18-17-11(19)13(6-10(15)7-13)8-3-2-4-9(14)5-8/h2-5,10H,6-7H2,1H3,(H,17,19)(H2,16,18,20)/t10-,13+. The molecule has 0 atom stereocenters. The Morgan fingerprint density at radius 1 is 1.45 bits per heavy atom. The molecule has 0 aliphatic heterocycles. The van der Waals surface area contributed by atoms with Gasteiger partial charge in [-0.1, -0.05) is 28.1 Å². The largest absolute Gasteiger partial charge is 0.364 e. The second-order valence-electron chi connectivity index (χ2n) is 4.76. The van der Waals surface area contributed by atoms with Gasteiger partial charge in [0.05, 0.1) is 5.41 Å². The summed E-state index contributed by atoms with van der Waals surface area (Å²) in [6, 6.07) is 7.40. The van der Waals surface area contributed by atoms with Gasteiger partial charge in [-0.25, -0.2) is 4.39 Å². The van der Waals surface area contributed by atoms with Crippen molar-refractivity contribution >= 4 is 39.2 Å². The molecule has 7 heteroatoms. The van der Waals surface area contributed by atoms with Crippen molar-refractivity contribution in [2.24, 2.45) is 0 Å². The number of amides is 1. The van der Waals surface area contributed by atoms with Crippen LogP contribution in [0.5, 0.6) is 0 Å². The molecule has 0 bridgehead atoms. The van der Waals surface area contributed by atoms with Crippen LogP contribution in [-0.2, 0) is 10.2 Å². The lowest BCUT2D eigenvalue weighted by atomic mass is 9.63. The highest BCUT2D eigenvalue weighted by Gasteiger charge is 2.52. The third-order valence-corrected chi connectivity index (χ3v) is 4.27. The number of alkyl halides is 1. The number of hydrazine groups is 1. The molecule has 0 spiro atoms. The fraction of sp³-hybridized carbons (Fsp3) is 0.385. The fourth-order valence-electron chi connectivity index (χ4n) is 2.33. The van der Waals surface area contributed by atoms with Gasteiger partial charge in [0, 0.05) is 11.5 Å². The van der Waals surface area contributed by atoms with E-state index in [4.69, 9.17) is 12.2 Å². The van der Waals surface area contributed by atoms with E-state index in [0.717, 1.165) is 10.0 Å². The van der Waals surface area contributed by atoms with E-state index in [0.29, 0.717) is 5.11 Å². The number of benzene rings is 1. The number of nitrogens with one attached hydrogen (secondary N) is 3. The topological polar surface area (TPSA) is 53.2 Å². The quantitative estimate of drug-likeness (QED) is 0.558. The number of halogens is 2. The molecular weight excluding hydrogens is 345 g/mol. The van der Waals surface area contributed by atoms with Gasteiger partial charge < -0.3 is 5.32 Å². The average Bonchev–Trinajstić information content (AvgIpc) is 2.40. The second kappa shape index (κ2) is 6.05. The third kappa shape index (κ3) is 2.93. The van der Waals surface area contributed by atoms with Crippen LogP contribution in [0.1, 0.15) is 18.4 Å². The van der Waals surface area contributed by atoms with Gasteiger partial charge in [-0.2, -0.15) is 0 Å². The minimum absolute atomic E-state index is 0.184. The zero-order valence-corrected chi connectivity index (χ0v) is 13.3.